The number of piperidine rings is 1. The van der Waals surface area contributed by atoms with Gasteiger partial charge in [-0.1, -0.05) is 6.58 Å². The lowest BCUT2D eigenvalue weighted by Crippen LogP contribution is -2.51. The highest BCUT2D eigenvalue weighted by molar-refractivity contribution is 5.89. The largest absolute Gasteiger partial charge is 0.378 e. The van der Waals surface area contributed by atoms with Gasteiger partial charge < -0.3 is 25.2 Å². The number of carbonyl (C=O) groups excluding carboxylic acids is 2. The lowest BCUT2D eigenvalue weighted by atomic mass is 9.98. The second-order valence-corrected chi connectivity index (χ2v) is 9.44. The number of aromatic nitrogens is 6. The smallest absolute Gasteiger partial charge is 0.333 e. The number of carbonyl (C=O) groups is 2. The Bertz CT molecular complexity index is 1350. The predicted octanol–water partition coefficient (Wildman–Crippen LogP) is 1.34. The van der Waals surface area contributed by atoms with Crippen molar-refractivity contribution in [2.75, 3.05) is 49.6 Å². The maximum atomic E-state index is 13.1. The van der Waals surface area contributed by atoms with Crippen LogP contribution in [0.25, 0.3) is 16.9 Å². The van der Waals surface area contributed by atoms with Crippen molar-refractivity contribution in [3.8, 4) is 5.69 Å². The molecule has 0 unspecified atom stereocenters. The van der Waals surface area contributed by atoms with E-state index in [0.717, 1.165) is 0 Å². The fourth-order valence-corrected chi connectivity index (χ4v) is 4.86. The first-order chi connectivity index (χ1) is 18.8. The molecule has 0 aliphatic carbocycles. The maximum absolute atomic E-state index is 13.1. The fraction of sp³-hybridized carbons (Fsp3) is 0.500. The highest BCUT2D eigenvalue weighted by Gasteiger charge is 2.28. The second-order valence-electron chi connectivity index (χ2n) is 9.44. The van der Waals surface area contributed by atoms with Crippen LogP contribution in [0.4, 0.5) is 20.5 Å². The summed E-state index contributed by atoms with van der Waals surface area (Å²) in [6.07, 6.45) is 6.56. The first kappa shape index (κ1) is 26.5. The number of hydrogen-bond donors (Lipinski definition) is 2. The number of nitrogens with zero attached hydrogens (tertiary/aromatic N) is 8. The van der Waals surface area contributed by atoms with E-state index >= 15 is 0 Å². The molecule has 2 fully saturated rings. The summed E-state index contributed by atoms with van der Waals surface area (Å²) in [5.41, 5.74) is 1.13. The number of ether oxygens (including phenoxy) is 1. The first-order valence-electron chi connectivity index (χ1n) is 12.7. The van der Waals surface area contributed by atoms with Crippen LogP contribution in [0.5, 0.6) is 0 Å². The van der Waals surface area contributed by atoms with Gasteiger partial charge in [0, 0.05) is 31.7 Å². The number of alkyl halides is 2. The molecule has 3 aromatic heterocycles. The Hall–Kier alpha value is -4.14. The lowest BCUT2D eigenvalue weighted by molar-refractivity contribution is -0.129. The summed E-state index contributed by atoms with van der Waals surface area (Å²) in [6, 6.07) is -0.0819. The zero-order valence-corrected chi connectivity index (χ0v) is 21.5. The molecule has 2 atom stereocenters. The molecule has 5 rings (SSSR count). The third-order valence-corrected chi connectivity index (χ3v) is 6.86. The lowest BCUT2D eigenvalue weighted by Gasteiger charge is -2.37. The number of amides is 2. The molecule has 0 saturated carbocycles. The number of anilines is 2. The number of likely N-dealkylation sites (tertiary alicyclic amines) is 1. The van der Waals surface area contributed by atoms with Crippen molar-refractivity contribution < 1.29 is 23.1 Å². The monoisotopic (exact) mass is 544 g/mol. The highest BCUT2D eigenvalue weighted by Crippen LogP contribution is 2.26. The van der Waals surface area contributed by atoms with E-state index in [-0.39, 0.29) is 30.4 Å². The highest BCUT2D eigenvalue weighted by atomic mass is 19.3. The van der Waals surface area contributed by atoms with E-state index in [1.165, 1.54) is 24.8 Å². The average Bonchev–Trinajstić information content (AvgIpc) is 3.59. The van der Waals surface area contributed by atoms with Crippen molar-refractivity contribution in [3.05, 3.63) is 31.4 Å². The summed E-state index contributed by atoms with van der Waals surface area (Å²) >= 11 is 0. The number of nitrogens with one attached hydrogen (secondary N) is 2. The average molecular weight is 545 g/mol. The van der Waals surface area contributed by atoms with Gasteiger partial charge in [0.15, 0.2) is 17.0 Å². The third-order valence-electron chi connectivity index (χ3n) is 6.86. The van der Waals surface area contributed by atoms with E-state index < -0.39 is 6.55 Å². The molecular formula is C24H30F2N10O3. The van der Waals surface area contributed by atoms with Gasteiger partial charge in [-0.25, -0.2) is 9.67 Å². The number of morpholine rings is 1. The zero-order valence-electron chi connectivity index (χ0n) is 21.5. The van der Waals surface area contributed by atoms with Crippen molar-refractivity contribution in [2.45, 2.75) is 38.4 Å². The molecule has 15 heteroatoms. The molecule has 0 aromatic carbocycles. The van der Waals surface area contributed by atoms with Crippen LogP contribution < -0.4 is 15.5 Å². The SMILES string of the molecule is C=CC(=O)N1CC[C@@H](NC(=O)CNc2nc(N3CCOCC3)nc3c2ncn3-c2cnn(C(F)F)c2)C[C@H]1C. The van der Waals surface area contributed by atoms with Gasteiger partial charge in [0.25, 0.3) is 0 Å². The Morgan fingerprint density at radius 2 is 2.05 bits per heavy atom. The number of hydrogen-bond acceptors (Lipinski definition) is 9. The molecule has 3 aromatic rings. The molecule has 208 valence electrons. The molecule has 0 radical (unpaired) electrons. The minimum atomic E-state index is -2.78. The van der Waals surface area contributed by atoms with Gasteiger partial charge in [-0.15, -0.1) is 0 Å². The minimum Gasteiger partial charge on any atom is -0.378 e. The van der Waals surface area contributed by atoms with Crippen LogP contribution >= 0.6 is 0 Å². The maximum Gasteiger partial charge on any atom is 0.333 e. The first-order valence-corrected chi connectivity index (χ1v) is 12.7. The van der Waals surface area contributed by atoms with Crippen molar-refractivity contribution in [1.82, 2.24) is 39.5 Å². The third kappa shape index (κ3) is 5.67. The number of fused-ring (bicyclic) bond motifs is 1. The Balaban J connectivity index is 1.34. The van der Waals surface area contributed by atoms with Crippen LogP contribution in [0.3, 0.4) is 0 Å². The number of imidazole rings is 1. The van der Waals surface area contributed by atoms with Crippen LogP contribution in [-0.4, -0.2) is 97.5 Å². The molecule has 2 saturated heterocycles. The van der Waals surface area contributed by atoms with Gasteiger partial charge in [0.1, 0.15) is 6.33 Å². The summed E-state index contributed by atoms with van der Waals surface area (Å²) in [5.74, 6) is 0.410. The molecule has 0 spiro atoms. The van der Waals surface area contributed by atoms with Crippen molar-refractivity contribution in [1.29, 1.82) is 0 Å². The Morgan fingerprint density at radius 1 is 1.26 bits per heavy atom. The summed E-state index contributed by atoms with van der Waals surface area (Å²) in [5, 5.41) is 9.81. The molecule has 0 bridgehead atoms. The predicted molar refractivity (Wildman–Crippen MR) is 138 cm³/mol. The molecular weight excluding hydrogens is 514 g/mol. The Labute approximate surface area is 222 Å². The number of rotatable bonds is 8. The van der Waals surface area contributed by atoms with E-state index in [1.54, 1.807) is 9.47 Å². The van der Waals surface area contributed by atoms with Gasteiger partial charge in [-0.05, 0) is 25.8 Å². The van der Waals surface area contributed by atoms with Crippen molar-refractivity contribution in [3.63, 3.8) is 0 Å². The standard InChI is InChI=1S/C24H30F2N10O3/c1-3-19(38)34-5-4-16(10-15(34)2)30-18(37)12-27-21-20-22(32-24(31-21)33-6-8-39-9-7-33)35(14-28-20)17-11-29-36(13-17)23(25)26/h3,11,13-16,23H,1,4-10,12H2,2H3,(H,30,37)(H,27,31,32)/t15-,16-/m1/s1. The fourth-order valence-electron chi connectivity index (χ4n) is 4.86. The van der Waals surface area contributed by atoms with Crippen LogP contribution in [0.1, 0.15) is 26.3 Å². The van der Waals surface area contributed by atoms with Crippen molar-refractivity contribution in [2.24, 2.45) is 0 Å². The molecule has 39 heavy (non-hydrogen) atoms. The van der Waals surface area contributed by atoms with Gasteiger partial charge in [-0.2, -0.15) is 23.8 Å². The summed E-state index contributed by atoms with van der Waals surface area (Å²) in [6.45, 7) is 5.38. The van der Waals surface area contributed by atoms with Crippen LogP contribution in [-0.2, 0) is 14.3 Å². The molecule has 2 amide bonds. The van der Waals surface area contributed by atoms with E-state index in [2.05, 4.69) is 37.3 Å². The quantitative estimate of drug-likeness (QED) is 0.403. The van der Waals surface area contributed by atoms with E-state index in [1.807, 2.05) is 11.8 Å². The van der Waals surface area contributed by atoms with Crippen LogP contribution in [0.15, 0.2) is 31.4 Å². The minimum absolute atomic E-state index is 0.0153. The van der Waals surface area contributed by atoms with Crippen LogP contribution in [0.2, 0.25) is 0 Å². The Kier molecular flexibility index (Phi) is 7.67. The molecule has 2 N–H and O–H groups in total. The summed E-state index contributed by atoms with van der Waals surface area (Å²) in [7, 11) is 0. The summed E-state index contributed by atoms with van der Waals surface area (Å²) < 4.78 is 33.7. The van der Waals surface area contributed by atoms with Crippen molar-refractivity contribution >= 4 is 34.7 Å². The number of halogens is 2. The van der Waals surface area contributed by atoms with Gasteiger partial charge >= 0.3 is 6.55 Å². The van der Waals surface area contributed by atoms with Crippen LogP contribution in [0, 0.1) is 0 Å². The molecule has 2 aliphatic heterocycles. The van der Waals surface area contributed by atoms with Gasteiger partial charge in [0.05, 0.1) is 37.8 Å². The second kappa shape index (κ2) is 11.3. The van der Waals surface area contributed by atoms with Gasteiger partial charge in [0.2, 0.25) is 17.8 Å². The Morgan fingerprint density at radius 3 is 2.74 bits per heavy atom. The molecule has 5 heterocycles. The van der Waals surface area contributed by atoms with Gasteiger partial charge in [-0.3, -0.25) is 14.2 Å². The van der Waals surface area contributed by atoms with E-state index in [9.17, 15) is 18.4 Å². The summed E-state index contributed by atoms with van der Waals surface area (Å²) in [4.78, 5) is 42.2. The normalized spacial score (nSPS) is 19.9. The molecule has 2 aliphatic rings. The topological polar surface area (TPSA) is 135 Å². The van der Waals surface area contributed by atoms with E-state index in [0.29, 0.717) is 79.0 Å². The van der Waals surface area contributed by atoms with E-state index in [4.69, 9.17) is 4.74 Å². The molecule has 13 nitrogen and oxygen atoms in total. The zero-order chi connectivity index (χ0) is 27.5.